The number of aromatic amines is 1. The van der Waals surface area contributed by atoms with Crippen molar-refractivity contribution >= 4 is 40.2 Å². The Balaban J connectivity index is 0.000000350. The summed E-state index contributed by atoms with van der Waals surface area (Å²) >= 11 is -1.44. The third-order valence-corrected chi connectivity index (χ3v) is 7.74. The van der Waals surface area contributed by atoms with Gasteiger partial charge >= 0.3 is 45.6 Å². The van der Waals surface area contributed by atoms with E-state index in [0.29, 0.717) is 31.3 Å². The molecule has 0 unspecified atom stereocenters. The van der Waals surface area contributed by atoms with Gasteiger partial charge in [-0.25, -0.2) is 0 Å². The molecular weight excluding hydrogens is 767 g/mol. The van der Waals surface area contributed by atoms with Gasteiger partial charge in [0.05, 0.1) is 26.3 Å². The van der Waals surface area contributed by atoms with Gasteiger partial charge in [-0.2, -0.15) is 19.9 Å². The molecule has 0 spiro atoms. The first kappa shape index (κ1) is 46.1. The molecular formula is C36H50MnN12O7. The second-order valence-corrected chi connectivity index (χ2v) is 12.2. The van der Waals surface area contributed by atoms with Gasteiger partial charge in [-0.1, -0.05) is 53.7 Å². The Morgan fingerprint density at radius 3 is 1.86 bits per heavy atom. The molecule has 1 aliphatic heterocycles. The number of nitrogen functional groups attached to an aromatic ring is 2. The number of fused-ring (bicyclic) bond motifs is 2. The zero-order valence-electron chi connectivity index (χ0n) is 30.3. The van der Waals surface area contributed by atoms with Crippen molar-refractivity contribution < 1.29 is 36.8 Å². The first-order valence-corrected chi connectivity index (χ1v) is 17.9. The predicted octanol–water partition coefficient (Wildman–Crippen LogP) is 3.92. The molecule has 6 rings (SSSR count). The number of carbonyl (C=O) groups is 1. The summed E-state index contributed by atoms with van der Waals surface area (Å²) < 4.78 is 29.2. The van der Waals surface area contributed by atoms with Gasteiger partial charge < -0.3 is 36.1 Å². The number of hydrogen-bond donors (Lipinski definition) is 4. The van der Waals surface area contributed by atoms with E-state index in [0.717, 1.165) is 48.2 Å². The van der Waals surface area contributed by atoms with Crippen LogP contribution in [0, 0.1) is 13.8 Å². The standard InChI is InChI=1S/C17H20N6O3.C17H22N6O2.2CH4.Mn.2O/c1-3-4-7-26-17-21-13(18)12-14(22-17)23(16(25)15(24)20-12)9-11-6-5-10(2)19-8-11;1-3-4-7-25-17-21-15(18)14-16(22-17)23(10-13(24)20-14)9-12-6-5-11(2)19-8-12;;;;;/h5-6,8H,3-4,7,9H2,1-2H3,(H,20,24)(H2,18,21,22);5-6,8H,3-4,7,9-10H2,1-2H3,(H,20,24)(H2,18,21,22);2*1H4;;;. The Morgan fingerprint density at radius 2 is 1.32 bits per heavy atom. The minimum absolute atomic E-state index is 0. The second kappa shape index (κ2) is 22.4. The van der Waals surface area contributed by atoms with E-state index < -0.39 is 25.9 Å². The van der Waals surface area contributed by atoms with E-state index in [1.807, 2.05) is 49.9 Å². The Bertz CT molecular complexity index is 2210. The molecule has 6 N–H and O–H groups in total. The van der Waals surface area contributed by atoms with Crippen molar-refractivity contribution in [3.05, 3.63) is 79.9 Å². The summed E-state index contributed by atoms with van der Waals surface area (Å²) in [5, 5.41) is 2.75. The number of nitrogens with zero attached hydrogens (tertiary/aromatic N) is 8. The summed E-state index contributed by atoms with van der Waals surface area (Å²) in [5.74, 6) is 0.674. The van der Waals surface area contributed by atoms with Crippen LogP contribution < -0.4 is 42.3 Å². The monoisotopic (exact) mass is 817 g/mol. The third-order valence-electron chi connectivity index (χ3n) is 7.74. The molecule has 19 nitrogen and oxygen atoms in total. The molecule has 1 aliphatic rings. The Morgan fingerprint density at radius 1 is 0.786 bits per heavy atom. The maximum atomic E-state index is 12.4. The Kier molecular flexibility index (Phi) is 18.4. The first-order chi connectivity index (χ1) is 26.0. The van der Waals surface area contributed by atoms with Crippen LogP contribution in [0.5, 0.6) is 12.0 Å². The second-order valence-electron chi connectivity index (χ2n) is 12.0. The normalized spacial score (nSPS) is 11.3. The van der Waals surface area contributed by atoms with Crippen LogP contribution >= 0.6 is 0 Å². The Hall–Kier alpha value is -6.01. The third kappa shape index (κ3) is 12.5. The van der Waals surface area contributed by atoms with E-state index in [9.17, 15) is 14.4 Å². The SMILES string of the molecule is C.C.CCCCOc1nc(N)c2[nH]c(=O)c(=O)n(Cc3ccc(C)nc3)c2n1.CCCCOc1nc(N)c2c(n1)N(Cc1ccc(C)nc1)CC(=O)N2.[O]=[Mn]=[O]. The number of pyridine rings is 2. The summed E-state index contributed by atoms with van der Waals surface area (Å²) in [4.78, 5) is 66.1. The van der Waals surface area contributed by atoms with Crippen molar-refractivity contribution in [2.45, 2.75) is 81.3 Å². The molecule has 20 heteroatoms. The number of unbranched alkanes of at least 4 members (excludes halogenated alkanes) is 2. The maximum absolute atomic E-state index is 12.4. The van der Waals surface area contributed by atoms with Gasteiger partial charge in [0, 0.05) is 30.3 Å². The van der Waals surface area contributed by atoms with Crippen molar-refractivity contribution in [1.82, 2.24) is 39.5 Å². The number of rotatable bonds is 12. The number of ether oxygens (including phenoxy) is 2. The molecule has 0 atom stereocenters. The average molecular weight is 818 g/mol. The zero-order chi connectivity index (χ0) is 39.2. The van der Waals surface area contributed by atoms with Gasteiger partial charge in [0.25, 0.3) is 0 Å². The number of nitrogens with two attached hydrogens (primary N) is 2. The molecule has 0 radical (unpaired) electrons. The van der Waals surface area contributed by atoms with Crippen molar-refractivity contribution in [3.8, 4) is 12.0 Å². The van der Waals surface area contributed by atoms with Crippen LogP contribution in [0.25, 0.3) is 11.2 Å². The van der Waals surface area contributed by atoms with Gasteiger partial charge in [-0.05, 0) is 49.9 Å². The predicted molar refractivity (Wildman–Crippen MR) is 208 cm³/mol. The van der Waals surface area contributed by atoms with Crippen molar-refractivity contribution in [3.63, 3.8) is 0 Å². The van der Waals surface area contributed by atoms with Crippen LogP contribution in [-0.4, -0.2) is 65.1 Å². The van der Waals surface area contributed by atoms with Crippen LogP contribution in [0.2, 0.25) is 0 Å². The van der Waals surface area contributed by atoms with Gasteiger partial charge in [-0.15, -0.1) is 0 Å². The van der Waals surface area contributed by atoms with Crippen LogP contribution in [0.1, 0.15) is 76.9 Å². The fourth-order valence-electron chi connectivity index (χ4n) is 4.98. The number of amides is 1. The van der Waals surface area contributed by atoms with Crippen LogP contribution in [0.4, 0.5) is 23.1 Å². The summed E-state index contributed by atoms with van der Waals surface area (Å²) in [7, 11) is 0. The van der Waals surface area contributed by atoms with E-state index in [1.165, 1.54) is 4.57 Å². The van der Waals surface area contributed by atoms with E-state index in [4.69, 9.17) is 28.6 Å². The Labute approximate surface area is 330 Å². The van der Waals surface area contributed by atoms with Crippen molar-refractivity contribution in [2.75, 3.05) is 41.4 Å². The summed E-state index contributed by atoms with van der Waals surface area (Å²) in [6.45, 7) is 9.71. The summed E-state index contributed by atoms with van der Waals surface area (Å²) in [6.07, 6.45) is 7.18. The van der Waals surface area contributed by atoms with Gasteiger partial charge in [-0.3, -0.25) is 28.9 Å². The van der Waals surface area contributed by atoms with Crippen molar-refractivity contribution in [2.24, 2.45) is 0 Å². The number of aromatic nitrogens is 8. The number of H-pyrrole nitrogens is 1. The number of aryl methyl sites for hydroxylation is 2. The number of nitrogens with one attached hydrogen (secondary N) is 2. The number of carbonyl (C=O) groups excluding carboxylic acids is 1. The van der Waals surface area contributed by atoms with E-state index >= 15 is 0 Å². The number of hydrogen-bond acceptors (Lipinski definition) is 16. The van der Waals surface area contributed by atoms with E-state index in [2.05, 4.69) is 47.1 Å². The van der Waals surface area contributed by atoms with Gasteiger partial charge in [0.15, 0.2) is 23.1 Å². The minimum atomic E-state index is -1.44. The molecule has 5 aromatic heterocycles. The summed E-state index contributed by atoms with van der Waals surface area (Å²) in [5.41, 5.74) is 14.8. The molecule has 0 aliphatic carbocycles. The van der Waals surface area contributed by atoms with Crippen LogP contribution in [0.15, 0.2) is 46.2 Å². The zero-order valence-corrected chi connectivity index (χ0v) is 31.5. The first-order valence-electron chi connectivity index (χ1n) is 17.0. The molecule has 0 saturated carbocycles. The quantitative estimate of drug-likeness (QED) is 0.0789. The summed E-state index contributed by atoms with van der Waals surface area (Å²) in [6, 6.07) is 7.90. The molecule has 6 heterocycles. The topological polar surface area (TPSA) is 269 Å². The van der Waals surface area contributed by atoms with E-state index in [1.54, 1.807) is 12.4 Å². The van der Waals surface area contributed by atoms with Gasteiger partial charge in [0.1, 0.15) is 11.2 Å². The number of anilines is 4. The molecule has 5 aromatic rings. The molecule has 0 aromatic carbocycles. The van der Waals surface area contributed by atoms with Crippen LogP contribution in [0.3, 0.4) is 0 Å². The van der Waals surface area contributed by atoms with Crippen LogP contribution in [-0.2, 0) is 40.4 Å². The fourth-order valence-corrected chi connectivity index (χ4v) is 4.98. The molecule has 0 fully saturated rings. The molecule has 0 bridgehead atoms. The molecule has 0 saturated heterocycles. The molecule has 303 valence electrons. The average Bonchev–Trinajstić information content (AvgIpc) is 3.14. The fraction of sp³-hybridized carbons (Fsp3) is 0.417. The van der Waals surface area contributed by atoms with E-state index in [-0.39, 0.29) is 68.7 Å². The van der Waals surface area contributed by atoms with Gasteiger partial charge in [0.2, 0.25) is 5.91 Å². The van der Waals surface area contributed by atoms with Crippen molar-refractivity contribution in [1.29, 1.82) is 0 Å². The molecule has 1 amide bonds. The molecule has 56 heavy (non-hydrogen) atoms.